The Kier molecular flexibility index (Phi) is 9.06. The summed E-state index contributed by atoms with van der Waals surface area (Å²) in [5, 5.41) is 1.05. The lowest BCUT2D eigenvalue weighted by molar-refractivity contribution is 0.0600. The summed E-state index contributed by atoms with van der Waals surface area (Å²) < 4.78 is 28.3. The van der Waals surface area contributed by atoms with Gasteiger partial charge < -0.3 is 14.0 Å². The SMILES string of the molecule is CCn1cc(-c2ccc(Cl)cc2Cl)nc1/C=C/C(Oc1ccc(-c2ccccc2)c(F)c1)c1ccc(C(=O)OC)cc1. The van der Waals surface area contributed by atoms with Crippen LogP contribution in [0.15, 0.2) is 103 Å². The summed E-state index contributed by atoms with van der Waals surface area (Å²) in [5.41, 5.74) is 3.89. The minimum Gasteiger partial charge on any atom is -0.482 e. The van der Waals surface area contributed by atoms with Gasteiger partial charge in [0.15, 0.2) is 0 Å². The van der Waals surface area contributed by atoms with E-state index in [4.69, 9.17) is 37.7 Å². The smallest absolute Gasteiger partial charge is 0.337 e. The Balaban J connectivity index is 1.48. The zero-order valence-electron chi connectivity index (χ0n) is 22.9. The number of carbonyl (C=O) groups is 1. The Morgan fingerprint density at radius 3 is 2.38 bits per heavy atom. The predicted octanol–water partition coefficient (Wildman–Crippen LogP) is 9.30. The van der Waals surface area contributed by atoms with Gasteiger partial charge in [0.25, 0.3) is 0 Å². The third-order valence-electron chi connectivity index (χ3n) is 6.72. The Hall–Kier alpha value is -4.39. The first-order chi connectivity index (χ1) is 20.4. The fraction of sp³-hybridized carbons (Fsp3) is 0.118. The summed E-state index contributed by atoms with van der Waals surface area (Å²) in [6, 6.07) is 26.3. The van der Waals surface area contributed by atoms with Crippen molar-refractivity contribution in [1.82, 2.24) is 9.55 Å². The molecule has 42 heavy (non-hydrogen) atoms. The van der Waals surface area contributed by atoms with Crippen molar-refractivity contribution in [2.75, 3.05) is 7.11 Å². The largest absolute Gasteiger partial charge is 0.482 e. The van der Waals surface area contributed by atoms with Crippen LogP contribution >= 0.6 is 23.2 Å². The maximum atomic E-state index is 15.2. The Morgan fingerprint density at radius 2 is 1.71 bits per heavy atom. The highest BCUT2D eigenvalue weighted by Gasteiger charge is 2.16. The van der Waals surface area contributed by atoms with E-state index >= 15 is 4.39 Å². The van der Waals surface area contributed by atoms with Gasteiger partial charge in [-0.05, 0) is 72.7 Å². The number of aromatic nitrogens is 2. The zero-order valence-corrected chi connectivity index (χ0v) is 24.4. The molecule has 0 radical (unpaired) electrons. The summed E-state index contributed by atoms with van der Waals surface area (Å²) >= 11 is 12.5. The number of esters is 1. The molecule has 0 aliphatic rings. The van der Waals surface area contributed by atoms with Crippen molar-refractivity contribution < 1.29 is 18.7 Å². The van der Waals surface area contributed by atoms with E-state index in [2.05, 4.69) is 0 Å². The van der Waals surface area contributed by atoms with Crippen molar-refractivity contribution in [2.45, 2.75) is 19.6 Å². The van der Waals surface area contributed by atoms with Crippen molar-refractivity contribution in [1.29, 1.82) is 0 Å². The van der Waals surface area contributed by atoms with Gasteiger partial charge in [0.05, 0.1) is 23.4 Å². The Labute approximate surface area is 253 Å². The van der Waals surface area contributed by atoms with Gasteiger partial charge >= 0.3 is 5.97 Å². The van der Waals surface area contributed by atoms with Crippen LogP contribution in [0.25, 0.3) is 28.5 Å². The molecule has 0 aliphatic carbocycles. The highest BCUT2D eigenvalue weighted by atomic mass is 35.5. The quantitative estimate of drug-likeness (QED) is 0.158. The number of halogens is 3. The normalized spacial score (nSPS) is 11.9. The number of benzene rings is 4. The molecule has 0 N–H and O–H groups in total. The second kappa shape index (κ2) is 13.1. The fourth-order valence-corrected chi connectivity index (χ4v) is 5.04. The molecule has 5 nitrogen and oxygen atoms in total. The standard InChI is InChI=1S/C34H27Cl2FN2O3/c1-3-39-21-31(28-15-13-25(35)19-29(28)36)38-33(39)18-17-32(23-9-11-24(12-10-23)34(40)41-2)42-26-14-16-27(30(37)20-26)22-7-5-4-6-8-22/h4-21,32H,3H2,1-2H3/b18-17+. The average molecular weight is 602 g/mol. The predicted molar refractivity (Wildman–Crippen MR) is 165 cm³/mol. The number of ether oxygens (including phenoxy) is 2. The van der Waals surface area contributed by atoms with Crippen LogP contribution in [0.3, 0.4) is 0 Å². The third-order valence-corrected chi connectivity index (χ3v) is 7.27. The lowest BCUT2D eigenvalue weighted by Gasteiger charge is -2.17. The molecule has 1 heterocycles. The van der Waals surface area contributed by atoms with Crippen LogP contribution in [0.1, 0.15) is 34.8 Å². The fourth-order valence-electron chi connectivity index (χ4n) is 4.53. The van der Waals surface area contributed by atoms with E-state index in [1.54, 1.807) is 48.5 Å². The number of nitrogens with zero attached hydrogens (tertiary/aromatic N) is 2. The van der Waals surface area contributed by atoms with Crippen LogP contribution < -0.4 is 4.74 Å². The molecular formula is C34H27Cl2FN2O3. The van der Waals surface area contributed by atoms with Gasteiger partial charge in [0.1, 0.15) is 23.5 Å². The van der Waals surface area contributed by atoms with Crippen molar-refractivity contribution >= 4 is 35.2 Å². The maximum absolute atomic E-state index is 15.2. The van der Waals surface area contributed by atoms with Crippen molar-refractivity contribution in [3.05, 3.63) is 136 Å². The molecule has 1 aromatic heterocycles. The molecular weight excluding hydrogens is 574 g/mol. The van der Waals surface area contributed by atoms with Gasteiger partial charge in [-0.15, -0.1) is 0 Å². The first-order valence-electron chi connectivity index (χ1n) is 13.3. The van der Waals surface area contributed by atoms with E-state index in [1.165, 1.54) is 13.2 Å². The Morgan fingerprint density at radius 1 is 0.976 bits per heavy atom. The highest BCUT2D eigenvalue weighted by Crippen LogP contribution is 2.32. The first-order valence-corrected chi connectivity index (χ1v) is 14.0. The molecule has 0 amide bonds. The van der Waals surface area contributed by atoms with Crippen LogP contribution in [-0.4, -0.2) is 22.6 Å². The number of hydrogen-bond acceptors (Lipinski definition) is 4. The van der Waals surface area contributed by atoms with Crippen LogP contribution in [0.5, 0.6) is 5.75 Å². The van der Waals surface area contributed by atoms with Crippen LogP contribution in [-0.2, 0) is 11.3 Å². The minimum absolute atomic E-state index is 0.353. The second-order valence-corrected chi connectivity index (χ2v) is 10.3. The number of methoxy groups -OCH3 is 1. The molecule has 5 rings (SSSR count). The van der Waals surface area contributed by atoms with E-state index in [0.717, 1.165) is 16.7 Å². The number of imidazole rings is 1. The molecule has 8 heteroatoms. The monoisotopic (exact) mass is 600 g/mol. The molecule has 0 fully saturated rings. The van der Waals surface area contributed by atoms with Gasteiger partial charge in [0.2, 0.25) is 0 Å². The van der Waals surface area contributed by atoms with Gasteiger partial charge in [-0.1, -0.05) is 65.7 Å². The van der Waals surface area contributed by atoms with Crippen molar-refractivity contribution in [3.8, 4) is 28.1 Å². The highest BCUT2D eigenvalue weighted by molar-refractivity contribution is 6.36. The molecule has 212 valence electrons. The van der Waals surface area contributed by atoms with Crippen LogP contribution in [0.4, 0.5) is 4.39 Å². The molecule has 1 atom stereocenters. The summed E-state index contributed by atoms with van der Waals surface area (Å²) in [7, 11) is 1.33. The first kappa shape index (κ1) is 29.1. The molecule has 4 aromatic carbocycles. The molecule has 0 aliphatic heterocycles. The van der Waals surface area contributed by atoms with Crippen LogP contribution in [0.2, 0.25) is 10.0 Å². The van der Waals surface area contributed by atoms with Gasteiger partial charge in [-0.25, -0.2) is 14.2 Å². The summed E-state index contributed by atoms with van der Waals surface area (Å²) in [4.78, 5) is 16.8. The summed E-state index contributed by atoms with van der Waals surface area (Å²) in [5.74, 6) is 0.204. The number of hydrogen-bond donors (Lipinski definition) is 0. The van der Waals surface area contributed by atoms with Gasteiger partial charge in [0, 0.05) is 35.0 Å². The lowest BCUT2D eigenvalue weighted by atomic mass is 10.0. The van der Waals surface area contributed by atoms with Gasteiger partial charge in [-0.2, -0.15) is 0 Å². The third kappa shape index (κ3) is 6.56. The van der Waals surface area contributed by atoms with Crippen molar-refractivity contribution in [2.24, 2.45) is 0 Å². The van der Waals surface area contributed by atoms with Gasteiger partial charge in [-0.3, -0.25) is 0 Å². The number of aryl methyl sites for hydroxylation is 1. The molecule has 0 spiro atoms. The van der Waals surface area contributed by atoms with E-state index in [0.29, 0.717) is 45.0 Å². The molecule has 0 saturated heterocycles. The van der Waals surface area contributed by atoms with E-state index in [-0.39, 0.29) is 0 Å². The summed E-state index contributed by atoms with van der Waals surface area (Å²) in [6.45, 7) is 2.69. The zero-order chi connectivity index (χ0) is 29.6. The molecule has 0 saturated carbocycles. The average Bonchev–Trinajstić information content (AvgIpc) is 3.42. The van der Waals surface area contributed by atoms with Crippen molar-refractivity contribution in [3.63, 3.8) is 0 Å². The lowest BCUT2D eigenvalue weighted by Crippen LogP contribution is -2.07. The Bertz CT molecular complexity index is 1730. The molecule has 5 aromatic rings. The van der Waals surface area contributed by atoms with Crippen LogP contribution in [0, 0.1) is 5.82 Å². The second-order valence-electron chi connectivity index (χ2n) is 9.41. The molecule has 0 bridgehead atoms. The summed E-state index contributed by atoms with van der Waals surface area (Å²) in [6.07, 6.45) is 5.00. The van der Waals surface area contributed by atoms with E-state index < -0.39 is 17.9 Å². The number of rotatable bonds is 9. The maximum Gasteiger partial charge on any atom is 0.337 e. The van der Waals surface area contributed by atoms with E-state index in [9.17, 15) is 4.79 Å². The minimum atomic E-state index is -0.622. The van der Waals surface area contributed by atoms with E-state index in [1.807, 2.05) is 66.2 Å². The topological polar surface area (TPSA) is 53.4 Å². The number of carbonyl (C=O) groups excluding carboxylic acids is 1. The molecule has 1 unspecified atom stereocenters.